The summed E-state index contributed by atoms with van der Waals surface area (Å²) in [5, 5.41) is 19.2. The van der Waals surface area contributed by atoms with Crippen molar-refractivity contribution in [2.75, 3.05) is 0 Å². The van der Waals surface area contributed by atoms with E-state index in [0.29, 0.717) is 0 Å². The summed E-state index contributed by atoms with van der Waals surface area (Å²) in [5.74, 6) is -0.266. The SMILES string of the molecule is N#Cc1ccc(COc2cccc([N+](=O)[O-])c2)c(F)c1. The molecule has 0 radical (unpaired) electrons. The molecule has 0 unspecified atom stereocenters. The van der Waals surface area contributed by atoms with Crippen molar-refractivity contribution in [3.63, 3.8) is 0 Å². The van der Waals surface area contributed by atoms with Gasteiger partial charge in [0.2, 0.25) is 0 Å². The third-order valence-corrected chi connectivity index (χ3v) is 2.60. The normalized spacial score (nSPS) is 9.80. The third-order valence-electron chi connectivity index (χ3n) is 2.60. The Balaban J connectivity index is 2.11. The van der Waals surface area contributed by atoms with E-state index in [1.807, 2.05) is 6.07 Å². The maximum Gasteiger partial charge on any atom is 0.273 e. The second-order valence-electron chi connectivity index (χ2n) is 3.96. The third kappa shape index (κ3) is 3.09. The Labute approximate surface area is 114 Å². The van der Waals surface area contributed by atoms with Crippen LogP contribution in [0, 0.1) is 27.3 Å². The van der Waals surface area contributed by atoms with Gasteiger partial charge >= 0.3 is 0 Å². The minimum atomic E-state index is -0.547. The Hall–Kier alpha value is -2.94. The van der Waals surface area contributed by atoms with Gasteiger partial charge in [0.15, 0.2) is 0 Å². The Kier molecular flexibility index (Phi) is 3.91. The van der Waals surface area contributed by atoms with Crippen LogP contribution in [-0.4, -0.2) is 4.92 Å². The molecule has 2 aromatic rings. The largest absolute Gasteiger partial charge is 0.489 e. The maximum atomic E-state index is 13.6. The molecule has 0 amide bonds. The number of hydrogen-bond acceptors (Lipinski definition) is 4. The summed E-state index contributed by atoms with van der Waals surface area (Å²) in [6, 6.07) is 11.5. The number of benzene rings is 2. The molecule has 0 aliphatic carbocycles. The number of rotatable bonds is 4. The van der Waals surface area contributed by atoms with Crippen molar-refractivity contribution < 1.29 is 14.1 Å². The summed E-state index contributed by atoms with van der Waals surface area (Å²) in [6.45, 7) is -0.0707. The first-order valence-electron chi connectivity index (χ1n) is 5.66. The van der Waals surface area contributed by atoms with E-state index in [4.69, 9.17) is 10.00 Å². The van der Waals surface area contributed by atoms with Gasteiger partial charge in [-0.25, -0.2) is 4.39 Å². The molecule has 0 fully saturated rings. The topological polar surface area (TPSA) is 76.2 Å². The average Bonchev–Trinajstić information content (AvgIpc) is 2.46. The van der Waals surface area contributed by atoms with Gasteiger partial charge in [-0.3, -0.25) is 10.1 Å². The zero-order valence-corrected chi connectivity index (χ0v) is 10.2. The molecule has 20 heavy (non-hydrogen) atoms. The minimum absolute atomic E-state index is 0.0707. The quantitative estimate of drug-likeness (QED) is 0.632. The molecule has 100 valence electrons. The van der Waals surface area contributed by atoms with E-state index in [2.05, 4.69) is 0 Å². The lowest BCUT2D eigenvalue weighted by atomic mass is 10.1. The van der Waals surface area contributed by atoms with E-state index in [-0.39, 0.29) is 29.2 Å². The monoisotopic (exact) mass is 272 g/mol. The number of halogens is 1. The fourth-order valence-electron chi connectivity index (χ4n) is 1.58. The highest BCUT2D eigenvalue weighted by Crippen LogP contribution is 2.20. The fourth-order valence-corrected chi connectivity index (χ4v) is 1.58. The molecule has 0 atom stereocenters. The van der Waals surface area contributed by atoms with E-state index in [1.54, 1.807) is 6.07 Å². The van der Waals surface area contributed by atoms with Crippen molar-refractivity contribution >= 4 is 5.69 Å². The molecule has 0 aliphatic heterocycles. The molecule has 0 N–H and O–H groups in total. The number of nitriles is 1. The summed E-state index contributed by atoms with van der Waals surface area (Å²) in [7, 11) is 0. The first-order valence-corrected chi connectivity index (χ1v) is 5.66. The Bertz CT molecular complexity index is 695. The lowest BCUT2D eigenvalue weighted by molar-refractivity contribution is -0.384. The van der Waals surface area contributed by atoms with Gasteiger partial charge in [-0.2, -0.15) is 5.26 Å². The zero-order chi connectivity index (χ0) is 14.5. The van der Waals surface area contributed by atoms with Gasteiger partial charge in [0.05, 0.1) is 22.6 Å². The van der Waals surface area contributed by atoms with E-state index in [0.717, 1.165) is 6.07 Å². The van der Waals surface area contributed by atoms with Crippen LogP contribution < -0.4 is 4.74 Å². The van der Waals surface area contributed by atoms with Crippen LogP contribution in [0.2, 0.25) is 0 Å². The molecule has 0 saturated carbocycles. The molecule has 0 aliphatic rings. The van der Waals surface area contributed by atoms with Crippen LogP contribution in [0.1, 0.15) is 11.1 Å². The van der Waals surface area contributed by atoms with Crippen molar-refractivity contribution in [1.29, 1.82) is 5.26 Å². The highest BCUT2D eigenvalue weighted by atomic mass is 19.1. The first kappa shape index (κ1) is 13.5. The van der Waals surface area contributed by atoms with Gasteiger partial charge < -0.3 is 4.74 Å². The Morgan fingerprint density at radius 1 is 1.30 bits per heavy atom. The maximum absolute atomic E-state index is 13.6. The average molecular weight is 272 g/mol. The van der Waals surface area contributed by atoms with Gasteiger partial charge in [0.1, 0.15) is 18.2 Å². The molecule has 0 aromatic heterocycles. The van der Waals surface area contributed by atoms with Crippen molar-refractivity contribution in [3.05, 3.63) is 69.5 Å². The van der Waals surface area contributed by atoms with Crippen LogP contribution in [0.3, 0.4) is 0 Å². The molecule has 0 bridgehead atoms. The van der Waals surface area contributed by atoms with E-state index < -0.39 is 10.7 Å². The number of hydrogen-bond donors (Lipinski definition) is 0. The molecule has 0 heterocycles. The molecule has 6 heteroatoms. The van der Waals surface area contributed by atoms with Gasteiger partial charge in [-0.1, -0.05) is 12.1 Å². The second-order valence-corrected chi connectivity index (χ2v) is 3.96. The number of nitro groups is 1. The molecule has 2 aromatic carbocycles. The molecular formula is C14H9FN2O3. The van der Waals surface area contributed by atoms with E-state index in [9.17, 15) is 14.5 Å². The lowest BCUT2D eigenvalue weighted by Gasteiger charge is -2.07. The second kappa shape index (κ2) is 5.80. The molecule has 0 saturated heterocycles. The molecule has 0 spiro atoms. The van der Waals surface area contributed by atoms with Crippen LogP contribution in [0.4, 0.5) is 10.1 Å². The number of non-ortho nitro benzene ring substituents is 1. The standard InChI is InChI=1S/C14H9FN2O3/c15-14-6-10(8-16)4-5-11(14)9-20-13-3-1-2-12(7-13)17(18)19/h1-7H,9H2. The van der Waals surface area contributed by atoms with E-state index >= 15 is 0 Å². The van der Waals surface area contributed by atoms with Crippen LogP contribution in [0.15, 0.2) is 42.5 Å². The van der Waals surface area contributed by atoms with Gasteiger partial charge in [0, 0.05) is 11.6 Å². The summed E-state index contributed by atoms with van der Waals surface area (Å²) < 4.78 is 18.9. The Morgan fingerprint density at radius 2 is 2.10 bits per heavy atom. The highest BCUT2D eigenvalue weighted by Gasteiger charge is 2.08. The fraction of sp³-hybridized carbons (Fsp3) is 0.0714. The minimum Gasteiger partial charge on any atom is -0.489 e. The van der Waals surface area contributed by atoms with Crippen molar-refractivity contribution in [1.82, 2.24) is 0 Å². The summed E-state index contributed by atoms with van der Waals surface area (Å²) in [5.41, 5.74) is 0.403. The number of nitro benzene ring substituents is 1. The number of ether oxygens (including phenoxy) is 1. The number of nitrogens with zero attached hydrogens (tertiary/aromatic N) is 2. The predicted octanol–water partition coefficient (Wildman–Crippen LogP) is 3.18. The van der Waals surface area contributed by atoms with Crippen molar-refractivity contribution in [3.8, 4) is 11.8 Å². The van der Waals surface area contributed by atoms with Crippen LogP contribution in [0.5, 0.6) is 5.75 Å². The van der Waals surface area contributed by atoms with Crippen LogP contribution in [0.25, 0.3) is 0 Å². The van der Waals surface area contributed by atoms with Gasteiger partial charge in [0.25, 0.3) is 5.69 Å². The lowest BCUT2D eigenvalue weighted by Crippen LogP contribution is -1.99. The highest BCUT2D eigenvalue weighted by molar-refractivity contribution is 5.38. The Morgan fingerprint density at radius 3 is 2.75 bits per heavy atom. The van der Waals surface area contributed by atoms with Crippen molar-refractivity contribution in [2.24, 2.45) is 0 Å². The van der Waals surface area contributed by atoms with Crippen molar-refractivity contribution in [2.45, 2.75) is 6.61 Å². The predicted molar refractivity (Wildman–Crippen MR) is 68.5 cm³/mol. The van der Waals surface area contributed by atoms with E-state index in [1.165, 1.54) is 30.3 Å². The van der Waals surface area contributed by atoms with Crippen LogP contribution in [-0.2, 0) is 6.61 Å². The summed E-state index contributed by atoms with van der Waals surface area (Å²) in [6.07, 6.45) is 0. The van der Waals surface area contributed by atoms with Gasteiger partial charge in [-0.05, 0) is 18.2 Å². The summed E-state index contributed by atoms with van der Waals surface area (Å²) >= 11 is 0. The molecule has 2 rings (SSSR count). The first-order chi connectivity index (χ1) is 9.60. The smallest absolute Gasteiger partial charge is 0.273 e. The zero-order valence-electron chi connectivity index (χ0n) is 10.2. The molecule has 5 nitrogen and oxygen atoms in total. The molecular weight excluding hydrogens is 263 g/mol. The van der Waals surface area contributed by atoms with Crippen LogP contribution >= 0.6 is 0 Å². The summed E-state index contributed by atoms with van der Waals surface area (Å²) in [4.78, 5) is 10.1. The van der Waals surface area contributed by atoms with Gasteiger partial charge in [-0.15, -0.1) is 0 Å².